The van der Waals surface area contributed by atoms with Crippen molar-refractivity contribution in [2.75, 3.05) is 30.3 Å². The Hall–Kier alpha value is -3.16. The van der Waals surface area contributed by atoms with Crippen LogP contribution in [0.25, 0.3) is 11.1 Å². The van der Waals surface area contributed by atoms with Crippen LogP contribution < -0.4 is 14.8 Å². The van der Waals surface area contributed by atoms with E-state index in [0.29, 0.717) is 53.9 Å². The van der Waals surface area contributed by atoms with Gasteiger partial charge >= 0.3 is 15.6 Å². The highest BCUT2D eigenvalue weighted by atomic mass is 32.2. The normalized spacial score (nSPS) is 22.4. The van der Waals surface area contributed by atoms with Crippen molar-refractivity contribution in [2.24, 2.45) is 11.8 Å². The largest absolute Gasteiger partial charge is 0.534 e. The number of anilines is 2. The predicted octanol–water partition coefficient (Wildman–Crippen LogP) is 3.06. The van der Waals surface area contributed by atoms with Gasteiger partial charge in [0.2, 0.25) is 5.91 Å². The molecule has 6 rings (SSSR count). The molecule has 3 aliphatic carbocycles. The van der Waals surface area contributed by atoms with Crippen molar-refractivity contribution in [1.82, 2.24) is 20.1 Å². The molecule has 38 heavy (non-hydrogen) atoms. The number of alkyl halides is 3. The Balaban J connectivity index is 1.29. The monoisotopic (exact) mass is 552 g/mol. The lowest BCUT2D eigenvalue weighted by Gasteiger charge is -2.43. The molecule has 0 aromatic carbocycles. The molecule has 4 aliphatic rings. The number of hydrogen-bond acceptors (Lipinski definition) is 9. The molecule has 1 atom stereocenters. The standard InChI is InChI=1S/C24H27F3N6O4S/c25-24(26,27)38(35,36)37-20-9-16(11-29-31-20)17-10-18(28)22(30-21(17)14-3-4-14)32-7-8-33(23(34)15-5-6-15)19(12-32)13-1-2-13/h9-11,13-15,19H,1-8,12,28H2/t19-/m0/s1. The lowest BCUT2D eigenvalue weighted by molar-refractivity contribution is -0.135. The van der Waals surface area contributed by atoms with Crippen molar-refractivity contribution in [3.8, 4) is 17.0 Å². The second-order valence-corrected chi connectivity index (χ2v) is 12.1. The van der Waals surface area contributed by atoms with Gasteiger partial charge in [-0.25, -0.2) is 4.98 Å². The minimum absolute atomic E-state index is 0.127. The van der Waals surface area contributed by atoms with E-state index in [-0.39, 0.29) is 23.8 Å². The number of nitrogen functional groups attached to an aromatic ring is 1. The summed E-state index contributed by atoms with van der Waals surface area (Å²) < 4.78 is 65.4. The number of nitrogens with zero attached hydrogens (tertiary/aromatic N) is 5. The van der Waals surface area contributed by atoms with Crippen molar-refractivity contribution in [1.29, 1.82) is 0 Å². The maximum absolute atomic E-state index is 12.9. The third-order valence-electron chi connectivity index (χ3n) is 7.54. The molecule has 1 aliphatic heterocycles. The molecular weight excluding hydrogens is 525 g/mol. The molecule has 1 amide bonds. The van der Waals surface area contributed by atoms with Crippen molar-refractivity contribution in [3.63, 3.8) is 0 Å². The molecular formula is C24H27F3N6O4S. The second kappa shape index (κ2) is 8.95. The Morgan fingerprint density at radius 1 is 1.08 bits per heavy atom. The van der Waals surface area contributed by atoms with Gasteiger partial charge in [0.15, 0.2) is 5.82 Å². The average Bonchev–Trinajstić information content (AvgIpc) is 3.70. The molecule has 0 bridgehead atoms. The minimum atomic E-state index is -5.89. The molecule has 2 aromatic rings. The fourth-order valence-electron chi connectivity index (χ4n) is 5.11. The van der Waals surface area contributed by atoms with Crippen LogP contribution in [-0.2, 0) is 14.9 Å². The lowest BCUT2D eigenvalue weighted by atomic mass is 10.0. The molecule has 14 heteroatoms. The van der Waals surface area contributed by atoms with Crippen molar-refractivity contribution in [2.45, 2.75) is 56.0 Å². The molecule has 4 fully saturated rings. The van der Waals surface area contributed by atoms with E-state index in [4.69, 9.17) is 10.7 Å². The van der Waals surface area contributed by atoms with Crippen LogP contribution >= 0.6 is 0 Å². The number of aromatic nitrogens is 3. The summed E-state index contributed by atoms with van der Waals surface area (Å²) in [4.78, 5) is 22.0. The fraction of sp³-hybridized carbons (Fsp3) is 0.583. The summed E-state index contributed by atoms with van der Waals surface area (Å²) in [7, 11) is -5.89. The maximum Gasteiger partial charge on any atom is 0.534 e. The second-order valence-electron chi connectivity index (χ2n) is 10.5. The van der Waals surface area contributed by atoms with E-state index in [1.807, 2.05) is 0 Å². The fourth-order valence-corrected chi connectivity index (χ4v) is 5.51. The molecule has 0 unspecified atom stereocenters. The first-order valence-corrected chi connectivity index (χ1v) is 14.1. The Bertz CT molecular complexity index is 1380. The van der Waals surface area contributed by atoms with Crippen LogP contribution in [0.1, 0.15) is 50.1 Å². The number of amides is 1. The van der Waals surface area contributed by atoms with Gasteiger partial charge < -0.3 is 19.7 Å². The summed E-state index contributed by atoms with van der Waals surface area (Å²) in [6, 6.07) is 2.91. The van der Waals surface area contributed by atoms with E-state index in [0.717, 1.165) is 44.6 Å². The van der Waals surface area contributed by atoms with Crippen LogP contribution in [0.5, 0.6) is 5.88 Å². The zero-order valence-corrected chi connectivity index (χ0v) is 21.2. The van der Waals surface area contributed by atoms with Gasteiger partial charge in [-0.1, -0.05) is 0 Å². The van der Waals surface area contributed by atoms with E-state index < -0.39 is 21.5 Å². The average molecular weight is 553 g/mol. The van der Waals surface area contributed by atoms with Crippen molar-refractivity contribution >= 4 is 27.5 Å². The van der Waals surface area contributed by atoms with Crippen molar-refractivity contribution in [3.05, 3.63) is 24.0 Å². The van der Waals surface area contributed by atoms with E-state index >= 15 is 0 Å². The summed E-state index contributed by atoms with van der Waals surface area (Å²) >= 11 is 0. The topological polar surface area (TPSA) is 132 Å². The van der Waals surface area contributed by atoms with Gasteiger partial charge in [0.25, 0.3) is 5.88 Å². The lowest BCUT2D eigenvalue weighted by Crippen LogP contribution is -2.57. The van der Waals surface area contributed by atoms with Gasteiger partial charge in [0.05, 0.1) is 23.6 Å². The number of pyridine rings is 1. The quantitative estimate of drug-likeness (QED) is 0.407. The summed E-state index contributed by atoms with van der Waals surface area (Å²) in [5, 5.41) is 7.04. The van der Waals surface area contributed by atoms with Gasteiger partial charge in [0, 0.05) is 48.7 Å². The molecule has 3 heterocycles. The summed E-state index contributed by atoms with van der Waals surface area (Å²) in [6.07, 6.45) is 7.23. The Labute approximate surface area is 217 Å². The first-order valence-electron chi connectivity index (χ1n) is 12.7. The molecule has 10 nitrogen and oxygen atoms in total. The number of rotatable bonds is 7. The summed E-state index contributed by atoms with van der Waals surface area (Å²) in [6.45, 7) is 1.86. The molecule has 1 saturated heterocycles. The number of hydrogen-bond donors (Lipinski definition) is 1. The van der Waals surface area contributed by atoms with Gasteiger partial charge in [0.1, 0.15) is 0 Å². The molecule has 0 radical (unpaired) electrons. The highest BCUT2D eigenvalue weighted by Gasteiger charge is 2.49. The molecule has 0 spiro atoms. The number of carbonyl (C=O) groups is 1. The minimum Gasteiger partial charge on any atom is -0.396 e. The van der Waals surface area contributed by atoms with Crippen LogP contribution in [0.3, 0.4) is 0 Å². The first-order chi connectivity index (χ1) is 18.0. The van der Waals surface area contributed by atoms with Crippen LogP contribution in [0.2, 0.25) is 0 Å². The van der Waals surface area contributed by atoms with Crippen LogP contribution in [0, 0.1) is 11.8 Å². The maximum atomic E-state index is 12.9. The van der Waals surface area contributed by atoms with E-state index in [1.54, 1.807) is 6.07 Å². The Morgan fingerprint density at radius 3 is 2.45 bits per heavy atom. The number of halogens is 3. The predicted molar refractivity (Wildman–Crippen MR) is 130 cm³/mol. The molecule has 204 valence electrons. The van der Waals surface area contributed by atoms with Crippen LogP contribution in [0.4, 0.5) is 24.7 Å². The zero-order valence-electron chi connectivity index (χ0n) is 20.4. The third-order valence-corrected chi connectivity index (χ3v) is 8.50. The zero-order chi connectivity index (χ0) is 26.8. The molecule has 3 saturated carbocycles. The van der Waals surface area contributed by atoms with E-state index in [2.05, 4.69) is 24.2 Å². The van der Waals surface area contributed by atoms with Gasteiger partial charge in [-0.2, -0.15) is 26.7 Å². The van der Waals surface area contributed by atoms with E-state index in [1.165, 1.54) is 6.20 Å². The van der Waals surface area contributed by atoms with Gasteiger partial charge in [-0.05, 0) is 50.5 Å². The van der Waals surface area contributed by atoms with Gasteiger partial charge in [-0.3, -0.25) is 4.79 Å². The van der Waals surface area contributed by atoms with Gasteiger partial charge in [-0.15, -0.1) is 5.10 Å². The summed E-state index contributed by atoms with van der Waals surface area (Å²) in [5.74, 6) is 0.870. The Morgan fingerprint density at radius 2 is 1.82 bits per heavy atom. The number of piperazine rings is 1. The Kier molecular flexibility index (Phi) is 5.92. The number of carbonyl (C=O) groups excluding carboxylic acids is 1. The van der Waals surface area contributed by atoms with Crippen molar-refractivity contribution < 1.29 is 30.6 Å². The first kappa shape index (κ1) is 25.1. The highest BCUT2D eigenvalue weighted by molar-refractivity contribution is 7.87. The SMILES string of the molecule is Nc1cc(-c2cnnc(OS(=O)(=O)C(F)(F)F)c2)c(C2CC2)nc1N1CCN(C(=O)C2CC2)[C@H](C2CC2)C1. The van der Waals surface area contributed by atoms with Crippen LogP contribution in [0.15, 0.2) is 18.3 Å². The van der Waals surface area contributed by atoms with Crippen LogP contribution in [-0.4, -0.2) is 65.6 Å². The summed E-state index contributed by atoms with van der Waals surface area (Å²) in [5.41, 5.74) is 2.81. The highest BCUT2D eigenvalue weighted by Crippen LogP contribution is 2.46. The smallest absolute Gasteiger partial charge is 0.396 e. The number of nitrogens with two attached hydrogens (primary N) is 1. The molecule has 2 aromatic heterocycles. The third kappa shape index (κ3) is 4.85. The molecule has 2 N–H and O–H groups in total. The van der Waals surface area contributed by atoms with E-state index in [9.17, 15) is 26.4 Å².